The van der Waals surface area contributed by atoms with Gasteiger partial charge in [-0.15, -0.1) is 0 Å². The third-order valence-corrected chi connectivity index (χ3v) is 2.67. The molecule has 2 N–H and O–H groups in total. The van der Waals surface area contributed by atoms with Gasteiger partial charge in [0.05, 0.1) is 0 Å². The Kier molecular flexibility index (Phi) is 4.71. The minimum absolute atomic E-state index is 0.0642. The van der Waals surface area contributed by atoms with Crippen LogP contribution in [-0.4, -0.2) is 24.2 Å². The second-order valence-electron chi connectivity index (χ2n) is 4.23. The van der Waals surface area contributed by atoms with Crippen LogP contribution < -0.4 is 10.1 Å². The molecule has 0 amide bonds. The zero-order valence-electron chi connectivity index (χ0n) is 11.0. The van der Waals surface area contributed by atoms with Gasteiger partial charge in [0.25, 0.3) is 0 Å². The van der Waals surface area contributed by atoms with Crippen molar-refractivity contribution in [1.82, 2.24) is 0 Å². The summed E-state index contributed by atoms with van der Waals surface area (Å²) in [6, 6.07) is 9.35. The van der Waals surface area contributed by atoms with Crippen molar-refractivity contribution in [2.45, 2.75) is 0 Å². The number of hydrogen-bond acceptors (Lipinski definition) is 3. The number of hydrogen-bond donors (Lipinski definition) is 2. The standard InChI is InChI=1S/C15H13F2NO3/c16-10-7-11(17)9-12(8-10)18-5-6-21-14-4-2-1-3-13(14)15(19)20/h1-4,7-9,18H,5-6H2,(H,19,20). The maximum absolute atomic E-state index is 13.0. The van der Waals surface area contributed by atoms with Crippen molar-refractivity contribution < 1.29 is 23.4 Å². The van der Waals surface area contributed by atoms with Crippen LogP contribution in [0, 0.1) is 11.6 Å². The Balaban J connectivity index is 1.89. The highest BCUT2D eigenvalue weighted by Gasteiger charge is 2.09. The number of para-hydroxylation sites is 1. The van der Waals surface area contributed by atoms with Crippen molar-refractivity contribution in [1.29, 1.82) is 0 Å². The summed E-state index contributed by atoms with van der Waals surface area (Å²) in [4.78, 5) is 11.0. The molecule has 0 spiro atoms. The molecule has 0 aromatic heterocycles. The molecule has 0 saturated carbocycles. The fraction of sp³-hybridized carbons (Fsp3) is 0.133. The van der Waals surface area contributed by atoms with Crippen LogP contribution in [0.3, 0.4) is 0 Å². The molecule has 21 heavy (non-hydrogen) atoms. The SMILES string of the molecule is O=C(O)c1ccccc1OCCNc1cc(F)cc(F)c1. The van der Waals surface area contributed by atoms with Gasteiger partial charge in [-0.05, 0) is 24.3 Å². The quantitative estimate of drug-likeness (QED) is 0.803. The molecule has 0 unspecified atom stereocenters. The van der Waals surface area contributed by atoms with E-state index in [4.69, 9.17) is 9.84 Å². The number of carbonyl (C=O) groups is 1. The molecule has 0 heterocycles. The van der Waals surface area contributed by atoms with Crippen molar-refractivity contribution in [3.05, 3.63) is 59.7 Å². The van der Waals surface area contributed by atoms with Gasteiger partial charge in [0.15, 0.2) is 0 Å². The van der Waals surface area contributed by atoms with E-state index in [0.717, 1.165) is 18.2 Å². The molecule has 6 heteroatoms. The Bertz CT molecular complexity index is 626. The molecule has 0 atom stereocenters. The lowest BCUT2D eigenvalue weighted by molar-refractivity contribution is 0.0692. The first-order chi connectivity index (χ1) is 10.1. The van der Waals surface area contributed by atoms with E-state index >= 15 is 0 Å². The van der Waals surface area contributed by atoms with Gasteiger partial charge in [0.1, 0.15) is 29.6 Å². The van der Waals surface area contributed by atoms with Gasteiger partial charge in [-0.1, -0.05) is 12.1 Å². The smallest absolute Gasteiger partial charge is 0.339 e. The molecule has 0 aliphatic heterocycles. The van der Waals surface area contributed by atoms with Crippen molar-refractivity contribution in [2.24, 2.45) is 0 Å². The number of benzene rings is 2. The number of halogens is 2. The van der Waals surface area contributed by atoms with Crippen LogP contribution >= 0.6 is 0 Å². The molecular formula is C15H13F2NO3. The predicted molar refractivity (Wildman–Crippen MR) is 73.7 cm³/mol. The second-order valence-corrected chi connectivity index (χ2v) is 4.23. The number of aromatic carboxylic acids is 1. The highest BCUT2D eigenvalue weighted by molar-refractivity contribution is 5.90. The van der Waals surface area contributed by atoms with E-state index in [-0.39, 0.29) is 24.5 Å². The molecule has 110 valence electrons. The molecule has 0 aliphatic rings. The highest BCUT2D eigenvalue weighted by atomic mass is 19.1. The van der Waals surface area contributed by atoms with Crippen LogP contribution in [0.1, 0.15) is 10.4 Å². The molecule has 0 fully saturated rings. The molecule has 0 bridgehead atoms. The Morgan fingerprint density at radius 1 is 1.14 bits per heavy atom. The van der Waals surface area contributed by atoms with E-state index in [9.17, 15) is 13.6 Å². The first-order valence-corrected chi connectivity index (χ1v) is 6.21. The van der Waals surface area contributed by atoms with Gasteiger partial charge in [-0.2, -0.15) is 0 Å². The molecule has 2 aromatic carbocycles. The zero-order valence-corrected chi connectivity index (χ0v) is 11.0. The Labute approximate surface area is 120 Å². The van der Waals surface area contributed by atoms with Crippen molar-refractivity contribution in [3.8, 4) is 5.75 Å². The van der Waals surface area contributed by atoms with Crippen LogP contribution in [-0.2, 0) is 0 Å². The minimum atomic E-state index is -1.08. The topological polar surface area (TPSA) is 58.6 Å². The summed E-state index contributed by atoms with van der Waals surface area (Å²) in [7, 11) is 0. The Morgan fingerprint density at radius 3 is 2.48 bits per heavy atom. The van der Waals surface area contributed by atoms with E-state index in [1.54, 1.807) is 18.2 Å². The van der Waals surface area contributed by atoms with Crippen LogP contribution in [0.4, 0.5) is 14.5 Å². The van der Waals surface area contributed by atoms with E-state index in [1.807, 2.05) is 0 Å². The maximum atomic E-state index is 13.0. The Morgan fingerprint density at radius 2 is 1.81 bits per heavy atom. The van der Waals surface area contributed by atoms with E-state index in [0.29, 0.717) is 5.69 Å². The summed E-state index contributed by atoms with van der Waals surface area (Å²) in [6.07, 6.45) is 0. The lowest BCUT2D eigenvalue weighted by Gasteiger charge is -2.10. The summed E-state index contributed by atoms with van der Waals surface area (Å²) in [5, 5.41) is 11.8. The van der Waals surface area contributed by atoms with Crippen molar-refractivity contribution in [2.75, 3.05) is 18.5 Å². The van der Waals surface area contributed by atoms with E-state index < -0.39 is 17.6 Å². The number of carboxylic acid groups (broad SMARTS) is 1. The normalized spacial score (nSPS) is 10.2. The largest absolute Gasteiger partial charge is 0.491 e. The molecule has 0 saturated heterocycles. The third-order valence-electron chi connectivity index (χ3n) is 2.67. The third kappa shape index (κ3) is 4.17. The monoisotopic (exact) mass is 293 g/mol. The summed E-state index contributed by atoms with van der Waals surface area (Å²) in [5.74, 6) is -2.17. The number of carboxylic acids is 1. The summed E-state index contributed by atoms with van der Waals surface area (Å²) >= 11 is 0. The summed E-state index contributed by atoms with van der Waals surface area (Å²) in [5.41, 5.74) is 0.358. The molecule has 0 aliphatic carbocycles. The van der Waals surface area contributed by atoms with Crippen LogP contribution in [0.2, 0.25) is 0 Å². The molecule has 0 radical (unpaired) electrons. The fourth-order valence-electron chi connectivity index (χ4n) is 1.78. The first-order valence-electron chi connectivity index (χ1n) is 6.21. The van der Waals surface area contributed by atoms with Gasteiger partial charge in [0, 0.05) is 18.3 Å². The van der Waals surface area contributed by atoms with Gasteiger partial charge < -0.3 is 15.2 Å². The average Bonchev–Trinajstić information content (AvgIpc) is 2.43. The predicted octanol–water partition coefficient (Wildman–Crippen LogP) is 3.15. The van der Waals surface area contributed by atoms with Gasteiger partial charge in [0.2, 0.25) is 0 Å². The molecule has 2 rings (SSSR count). The lowest BCUT2D eigenvalue weighted by atomic mass is 10.2. The van der Waals surface area contributed by atoms with Crippen LogP contribution in [0.25, 0.3) is 0 Å². The first kappa shape index (κ1) is 14.8. The summed E-state index contributed by atoms with van der Waals surface area (Å²) < 4.78 is 31.3. The fourth-order valence-corrected chi connectivity index (χ4v) is 1.78. The summed E-state index contributed by atoms with van der Waals surface area (Å²) in [6.45, 7) is 0.430. The van der Waals surface area contributed by atoms with Gasteiger partial charge in [-0.3, -0.25) is 0 Å². The van der Waals surface area contributed by atoms with E-state index in [2.05, 4.69) is 5.32 Å². The molecule has 2 aromatic rings. The number of rotatable bonds is 6. The maximum Gasteiger partial charge on any atom is 0.339 e. The Hall–Kier alpha value is -2.63. The minimum Gasteiger partial charge on any atom is -0.491 e. The van der Waals surface area contributed by atoms with Gasteiger partial charge >= 0.3 is 5.97 Å². The lowest BCUT2D eigenvalue weighted by Crippen LogP contribution is -2.13. The van der Waals surface area contributed by atoms with Crippen molar-refractivity contribution >= 4 is 11.7 Å². The second kappa shape index (κ2) is 6.69. The van der Waals surface area contributed by atoms with E-state index in [1.165, 1.54) is 6.07 Å². The highest BCUT2D eigenvalue weighted by Crippen LogP contribution is 2.18. The van der Waals surface area contributed by atoms with Gasteiger partial charge in [-0.25, -0.2) is 13.6 Å². The number of anilines is 1. The zero-order chi connectivity index (χ0) is 15.2. The van der Waals surface area contributed by atoms with Crippen LogP contribution in [0.5, 0.6) is 5.75 Å². The molecule has 4 nitrogen and oxygen atoms in total. The number of nitrogens with one attached hydrogen (secondary N) is 1. The van der Waals surface area contributed by atoms with Crippen molar-refractivity contribution in [3.63, 3.8) is 0 Å². The molecular weight excluding hydrogens is 280 g/mol. The number of ether oxygens (including phenoxy) is 1. The van der Waals surface area contributed by atoms with Crippen LogP contribution in [0.15, 0.2) is 42.5 Å². The average molecular weight is 293 g/mol.